The van der Waals surface area contributed by atoms with Crippen LogP contribution >= 0.6 is 0 Å². The zero-order valence-corrected chi connectivity index (χ0v) is 11.6. The Kier molecular flexibility index (Phi) is 4.25. The Morgan fingerprint density at radius 2 is 2.05 bits per heavy atom. The minimum atomic E-state index is -0.167. The number of nitrogens with two attached hydrogens (primary N) is 1. The molecule has 0 aliphatic carbocycles. The Hall–Kier alpha value is -2.49. The molecule has 2 rings (SSSR count). The number of rotatable bonds is 4. The molecule has 0 spiro atoms. The summed E-state index contributed by atoms with van der Waals surface area (Å²) >= 11 is 0. The van der Waals surface area contributed by atoms with Crippen molar-refractivity contribution in [1.29, 1.82) is 0 Å². The Morgan fingerprint density at radius 3 is 2.75 bits per heavy atom. The molecule has 104 valence electrons. The Bertz CT molecular complexity index is 624. The van der Waals surface area contributed by atoms with Gasteiger partial charge >= 0.3 is 0 Å². The molecule has 0 heterocycles. The van der Waals surface area contributed by atoms with Gasteiger partial charge in [0.15, 0.2) is 0 Å². The molecule has 0 aliphatic heterocycles. The summed E-state index contributed by atoms with van der Waals surface area (Å²) in [7, 11) is 0. The summed E-state index contributed by atoms with van der Waals surface area (Å²) in [4.78, 5) is 12.2. The first-order chi connectivity index (χ1) is 9.60. The summed E-state index contributed by atoms with van der Waals surface area (Å²) in [5.74, 6) is 0.522. The minimum Gasteiger partial charge on any atom is -0.494 e. The fourth-order valence-electron chi connectivity index (χ4n) is 1.92. The van der Waals surface area contributed by atoms with Crippen molar-refractivity contribution in [3.63, 3.8) is 0 Å². The van der Waals surface area contributed by atoms with Gasteiger partial charge in [0.2, 0.25) is 0 Å². The maximum Gasteiger partial charge on any atom is 0.255 e. The van der Waals surface area contributed by atoms with E-state index in [4.69, 9.17) is 10.5 Å². The van der Waals surface area contributed by atoms with Gasteiger partial charge in [0.05, 0.1) is 6.61 Å². The lowest BCUT2D eigenvalue weighted by atomic mass is 10.1. The number of nitrogen functional groups attached to an aromatic ring is 1. The molecular formula is C16H18N2O2. The lowest BCUT2D eigenvalue weighted by molar-refractivity contribution is 0.102. The van der Waals surface area contributed by atoms with E-state index in [1.54, 1.807) is 30.3 Å². The number of ether oxygens (including phenoxy) is 1. The standard InChI is InChI=1S/C16H18N2O2/c1-3-20-14-6-4-5-12(10-14)16(19)18-15-8-7-13(17)9-11(15)2/h4-10H,3,17H2,1-2H3,(H,18,19). The SMILES string of the molecule is CCOc1cccc(C(=O)Nc2ccc(N)cc2C)c1. The average molecular weight is 270 g/mol. The van der Waals surface area contributed by atoms with Crippen molar-refractivity contribution in [3.05, 3.63) is 53.6 Å². The highest BCUT2D eigenvalue weighted by atomic mass is 16.5. The lowest BCUT2D eigenvalue weighted by Gasteiger charge is -2.10. The molecule has 0 fully saturated rings. The van der Waals surface area contributed by atoms with Crippen LogP contribution in [0.15, 0.2) is 42.5 Å². The molecule has 0 aliphatic rings. The van der Waals surface area contributed by atoms with Crippen molar-refractivity contribution in [2.45, 2.75) is 13.8 Å². The number of carbonyl (C=O) groups excluding carboxylic acids is 1. The quantitative estimate of drug-likeness (QED) is 0.838. The largest absolute Gasteiger partial charge is 0.494 e. The van der Waals surface area contributed by atoms with Crippen molar-refractivity contribution in [1.82, 2.24) is 0 Å². The van der Waals surface area contributed by atoms with E-state index in [9.17, 15) is 4.79 Å². The predicted molar refractivity (Wildman–Crippen MR) is 81.2 cm³/mol. The van der Waals surface area contributed by atoms with Gasteiger partial charge in [-0.2, -0.15) is 0 Å². The zero-order chi connectivity index (χ0) is 14.5. The van der Waals surface area contributed by atoms with Gasteiger partial charge < -0.3 is 15.8 Å². The number of hydrogen-bond donors (Lipinski definition) is 2. The molecule has 0 bridgehead atoms. The molecule has 4 nitrogen and oxygen atoms in total. The summed E-state index contributed by atoms with van der Waals surface area (Å²) in [6.45, 7) is 4.38. The second-order valence-electron chi connectivity index (χ2n) is 4.49. The maximum atomic E-state index is 12.2. The third-order valence-corrected chi connectivity index (χ3v) is 2.91. The van der Waals surface area contributed by atoms with Gasteiger partial charge in [0, 0.05) is 16.9 Å². The first-order valence-corrected chi connectivity index (χ1v) is 6.50. The molecule has 0 saturated heterocycles. The molecule has 1 amide bonds. The van der Waals surface area contributed by atoms with Crippen molar-refractivity contribution >= 4 is 17.3 Å². The number of amides is 1. The van der Waals surface area contributed by atoms with E-state index in [2.05, 4.69) is 5.32 Å². The topological polar surface area (TPSA) is 64.3 Å². The van der Waals surface area contributed by atoms with Crippen LogP contribution in [0.25, 0.3) is 0 Å². The average Bonchev–Trinajstić information content (AvgIpc) is 2.42. The molecule has 2 aromatic carbocycles. The van der Waals surface area contributed by atoms with E-state index in [1.807, 2.05) is 26.0 Å². The number of anilines is 2. The van der Waals surface area contributed by atoms with Gasteiger partial charge in [0.25, 0.3) is 5.91 Å². The highest BCUT2D eigenvalue weighted by Gasteiger charge is 2.08. The molecule has 0 radical (unpaired) electrons. The number of nitrogens with one attached hydrogen (secondary N) is 1. The Balaban J connectivity index is 2.17. The van der Waals surface area contributed by atoms with Gasteiger partial charge in [-0.1, -0.05) is 6.07 Å². The van der Waals surface area contributed by atoms with Gasteiger partial charge in [-0.25, -0.2) is 0 Å². The fraction of sp³-hybridized carbons (Fsp3) is 0.188. The van der Waals surface area contributed by atoms with Gasteiger partial charge in [-0.05, 0) is 55.8 Å². The van der Waals surface area contributed by atoms with Crippen LogP contribution in [0, 0.1) is 6.92 Å². The van der Waals surface area contributed by atoms with E-state index in [0.717, 1.165) is 11.3 Å². The van der Waals surface area contributed by atoms with Crippen LogP contribution in [0.1, 0.15) is 22.8 Å². The first-order valence-electron chi connectivity index (χ1n) is 6.50. The maximum absolute atomic E-state index is 12.2. The number of benzene rings is 2. The Morgan fingerprint density at radius 1 is 1.25 bits per heavy atom. The van der Waals surface area contributed by atoms with Crippen LogP contribution < -0.4 is 15.8 Å². The summed E-state index contributed by atoms with van der Waals surface area (Å²) in [5.41, 5.74) is 8.62. The van der Waals surface area contributed by atoms with Gasteiger partial charge in [0.1, 0.15) is 5.75 Å². The molecule has 4 heteroatoms. The Labute approximate surface area is 118 Å². The van der Waals surface area contributed by atoms with Crippen molar-refractivity contribution < 1.29 is 9.53 Å². The molecular weight excluding hydrogens is 252 g/mol. The molecule has 20 heavy (non-hydrogen) atoms. The number of hydrogen-bond acceptors (Lipinski definition) is 3. The molecule has 0 unspecified atom stereocenters. The highest BCUT2D eigenvalue weighted by molar-refractivity contribution is 6.04. The van der Waals surface area contributed by atoms with E-state index >= 15 is 0 Å². The molecule has 0 aromatic heterocycles. The van der Waals surface area contributed by atoms with Crippen LogP contribution in [0.2, 0.25) is 0 Å². The van der Waals surface area contributed by atoms with E-state index in [-0.39, 0.29) is 5.91 Å². The third-order valence-electron chi connectivity index (χ3n) is 2.91. The smallest absolute Gasteiger partial charge is 0.255 e. The minimum absolute atomic E-state index is 0.167. The number of carbonyl (C=O) groups is 1. The number of aryl methyl sites for hydroxylation is 1. The lowest BCUT2D eigenvalue weighted by Crippen LogP contribution is -2.13. The normalized spacial score (nSPS) is 10.1. The second kappa shape index (κ2) is 6.10. The van der Waals surface area contributed by atoms with Crippen LogP contribution in [-0.4, -0.2) is 12.5 Å². The van der Waals surface area contributed by atoms with E-state index in [1.165, 1.54) is 0 Å². The monoisotopic (exact) mass is 270 g/mol. The van der Waals surface area contributed by atoms with Crippen molar-refractivity contribution in [2.24, 2.45) is 0 Å². The van der Waals surface area contributed by atoms with Gasteiger partial charge in [-0.3, -0.25) is 4.79 Å². The predicted octanol–water partition coefficient (Wildman–Crippen LogP) is 3.23. The van der Waals surface area contributed by atoms with Crippen molar-refractivity contribution in [3.8, 4) is 5.75 Å². The van der Waals surface area contributed by atoms with Crippen molar-refractivity contribution in [2.75, 3.05) is 17.7 Å². The van der Waals surface area contributed by atoms with Crippen LogP contribution in [0.3, 0.4) is 0 Å². The van der Waals surface area contributed by atoms with Crippen LogP contribution in [0.5, 0.6) is 5.75 Å². The zero-order valence-electron chi connectivity index (χ0n) is 11.6. The van der Waals surface area contributed by atoms with Crippen LogP contribution in [-0.2, 0) is 0 Å². The van der Waals surface area contributed by atoms with Gasteiger partial charge in [-0.15, -0.1) is 0 Å². The summed E-state index contributed by atoms with van der Waals surface area (Å²) in [6.07, 6.45) is 0. The first kappa shape index (κ1) is 13.9. The second-order valence-corrected chi connectivity index (χ2v) is 4.49. The fourth-order valence-corrected chi connectivity index (χ4v) is 1.92. The molecule has 3 N–H and O–H groups in total. The molecule has 0 saturated carbocycles. The summed E-state index contributed by atoms with van der Waals surface area (Å²) in [6, 6.07) is 12.5. The van der Waals surface area contributed by atoms with E-state index in [0.29, 0.717) is 23.6 Å². The molecule has 0 atom stereocenters. The summed E-state index contributed by atoms with van der Waals surface area (Å²) < 4.78 is 5.39. The summed E-state index contributed by atoms with van der Waals surface area (Å²) in [5, 5.41) is 2.87. The third kappa shape index (κ3) is 3.29. The molecule has 2 aromatic rings. The van der Waals surface area contributed by atoms with E-state index < -0.39 is 0 Å². The highest BCUT2D eigenvalue weighted by Crippen LogP contribution is 2.19. The van der Waals surface area contributed by atoms with Crippen LogP contribution in [0.4, 0.5) is 11.4 Å².